The number of alkyl halides is 1. The van der Waals surface area contributed by atoms with Crippen molar-refractivity contribution in [2.75, 3.05) is 26.2 Å². The van der Waals surface area contributed by atoms with Gasteiger partial charge in [0.05, 0.1) is 12.1 Å². The van der Waals surface area contributed by atoms with Crippen LogP contribution < -0.4 is 0 Å². The summed E-state index contributed by atoms with van der Waals surface area (Å²) in [5.41, 5.74) is -0.831. The van der Waals surface area contributed by atoms with Gasteiger partial charge in [0, 0.05) is 48.4 Å². The average Bonchev–Trinajstić information content (AvgIpc) is 3.73. The number of fused-ring (bicyclic) bond motifs is 1. The number of hydrogen-bond donors (Lipinski definition) is 0. The third-order valence-corrected chi connectivity index (χ3v) is 7.62. The Labute approximate surface area is 205 Å². The average molecular weight is 500 g/mol. The molecule has 3 fully saturated rings. The molecule has 2 aliphatic heterocycles. The van der Waals surface area contributed by atoms with Crippen molar-refractivity contribution < 1.29 is 27.1 Å². The molecule has 1 saturated carbocycles. The molecule has 1 aromatic heterocycles. The summed E-state index contributed by atoms with van der Waals surface area (Å²) in [5.74, 6) is -3.44. The molecule has 0 bridgehead atoms. The van der Waals surface area contributed by atoms with Crippen LogP contribution in [0.25, 0.3) is 22.0 Å². The van der Waals surface area contributed by atoms with Crippen LogP contribution in [-0.2, 0) is 16.1 Å². The van der Waals surface area contributed by atoms with Gasteiger partial charge < -0.3 is 9.64 Å². The molecule has 0 unspecified atom stereocenters. The first-order chi connectivity index (χ1) is 17.3. The van der Waals surface area contributed by atoms with Gasteiger partial charge in [-0.1, -0.05) is 18.2 Å². The molecule has 2 saturated heterocycles. The number of carbonyl (C=O) groups excluding carboxylic acids is 1. The number of hydrogen-bond acceptors (Lipinski definition) is 4. The smallest absolute Gasteiger partial charge is 0.248 e. The van der Waals surface area contributed by atoms with Crippen LogP contribution in [0, 0.1) is 17.5 Å². The number of pyridine rings is 1. The first kappa shape index (κ1) is 23.4. The van der Waals surface area contributed by atoms with Gasteiger partial charge in [0.25, 0.3) is 0 Å². The number of amides is 1. The highest BCUT2D eigenvalue weighted by Crippen LogP contribution is 2.38. The summed E-state index contributed by atoms with van der Waals surface area (Å²) in [7, 11) is 0. The van der Waals surface area contributed by atoms with Crippen LogP contribution in [0.15, 0.2) is 42.6 Å². The quantitative estimate of drug-likeness (QED) is 0.388. The van der Waals surface area contributed by atoms with Crippen molar-refractivity contribution in [1.29, 1.82) is 0 Å². The monoisotopic (exact) mass is 499 g/mol. The first-order valence-electron chi connectivity index (χ1n) is 12.2. The fourth-order valence-electron chi connectivity index (χ4n) is 5.35. The molecule has 3 aliphatic rings. The van der Waals surface area contributed by atoms with Gasteiger partial charge in [0.15, 0.2) is 11.6 Å². The zero-order valence-electron chi connectivity index (χ0n) is 19.5. The second kappa shape index (κ2) is 8.81. The van der Waals surface area contributed by atoms with Gasteiger partial charge in [-0.2, -0.15) is 0 Å². The summed E-state index contributed by atoms with van der Waals surface area (Å²) in [4.78, 5) is 19.7. The lowest BCUT2D eigenvalue weighted by molar-refractivity contribution is -0.189. The van der Waals surface area contributed by atoms with Crippen molar-refractivity contribution in [3.63, 3.8) is 0 Å². The van der Waals surface area contributed by atoms with Crippen LogP contribution in [0.1, 0.15) is 24.8 Å². The maximum atomic E-state index is 15.4. The predicted molar refractivity (Wildman–Crippen MR) is 125 cm³/mol. The first-order valence-corrected chi connectivity index (χ1v) is 12.2. The highest BCUT2D eigenvalue weighted by molar-refractivity contribution is 5.84. The number of morpholine rings is 1. The summed E-state index contributed by atoms with van der Waals surface area (Å²) < 4.78 is 66.3. The van der Waals surface area contributed by atoms with E-state index in [4.69, 9.17) is 4.74 Å². The third kappa shape index (κ3) is 4.04. The van der Waals surface area contributed by atoms with Crippen LogP contribution in [0.2, 0.25) is 0 Å². The summed E-state index contributed by atoms with van der Waals surface area (Å²) in [6, 6.07) is 9.66. The molecule has 1 spiro atoms. The number of rotatable bonds is 4. The highest BCUT2D eigenvalue weighted by Gasteiger charge is 2.51. The highest BCUT2D eigenvalue weighted by atomic mass is 19.2. The second-order valence-electron chi connectivity index (χ2n) is 9.98. The largest absolute Gasteiger partial charge is 0.360 e. The Morgan fingerprint density at radius 3 is 2.72 bits per heavy atom. The molecule has 2 aromatic carbocycles. The van der Waals surface area contributed by atoms with E-state index in [1.165, 1.54) is 0 Å². The lowest BCUT2D eigenvalue weighted by Crippen LogP contribution is -2.64. The minimum Gasteiger partial charge on any atom is -0.360 e. The van der Waals surface area contributed by atoms with Gasteiger partial charge in [0.1, 0.15) is 24.2 Å². The zero-order valence-corrected chi connectivity index (χ0v) is 19.5. The van der Waals surface area contributed by atoms with Gasteiger partial charge in [-0.15, -0.1) is 0 Å². The minimum atomic E-state index is -1.44. The molecular weight excluding hydrogens is 474 g/mol. The molecule has 2 atom stereocenters. The Morgan fingerprint density at radius 1 is 1.11 bits per heavy atom. The van der Waals surface area contributed by atoms with E-state index in [1.54, 1.807) is 40.3 Å². The summed E-state index contributed by atoms with van der Waals surface area (Å²) in [6.45, 7) is -0.0395. The molecule has 3 heterocycles. The van der Waals surface area contributed by atoms with Crippen molar-refractivity contribution in [2.24, 2.45) is 0 Å². The molecule has 0 N–H and O–H groups in total. The summed E-state index contributed by atoms with van der Waals surface area (Å²) >= 11 is 0. The Kier molecular flexibility index (Phi) is 5.72. The lowest BCUT2D eigenvalue weighted by atomic mass is 9.87. The standard InChI is InChI=1S/C27H25F4N3O2/c28-21-11-19(17-4-3-16-2-1-8-32-22(16)10-17)25(30)26(31)20(21)12-33-9-7-27(23(29)13-33)15-34(18-5-6-18)24(35)14-36-27/h1-4,8,10-11,18,23H,5-7,9,12-15H2/t23-,27+/m1/s1. The van der Waals surface area contributed by atoms with Gasteiger partial charge in [-0.05, 0) is 43.0 Å². The molecule has 9 heteroatoms. The number of ether oxygens (including phenoxy) is 1. The molecule has 5 nitrogen and oxygen atoms in total. The van der Waals surface area contributed by atoms with Crippen molar-refractivity contribution in [2.45, 2.75) is 43.6 Å². The predicted octanol–water partition coefficient (Wildman–Crippen LogP) is 4.62. The number of aromatic nitrogens is 1. The lowest BCUT2D eigenvalue weighted by Gasteiger charge is -2.49. The van der Waals surface area contributed by atoms with Crippen LogP contribution in [-0.4, -0.2) is 64.7 Å². The van der Waals surface area contributed by atoms with Crippen LogP contribution in [0.3, 0.4) is 0 Å². The van der Waals surface area contributed by atoms with E-state index in [2.05, 4.69) is 4.98 Å². The molecule has 188 valence electrons. The Bertz CT molecular complexity index is 1350. The van der Waals surface area contributed by atoms with Crippen molar-refractivity contribution in [3.05, 3.63) is 65.6 Å². The summed E-state index contributed by atoms with van der Waals surface area (Å²) in [6.07, 6.45) is 2.26. The van der Waals surface area contributed by atoms with E-state index >= 15 is 17.6 Å². The minimum absolute atomic E-state index is 0.120. The fraction of sp³-hybridized carbons (Fsp3) is 0.407. The van der Waals surface area contributed by atoms with E-state index in [9.17, 15) is 4.79 Å². The molecular formula is C27H25F4N3O2. The molecule has 36 heavy (non-hydrogen) atoms. The molecule has 6 rings (SSSR count). The second-order valence-corrected chi connectivity index (χ2v) is 9.98. The molecule has 3 aromatic rings. The molecule has 0 radical (unpaired) electrons. The number of halogens is 4. The maximum absolute atomic E-state index is 15.4. The van der Waals surface area contributed by atoms with Crippen molar-refractivity contribution in [1.82, 2.24) is 14.8 Å². The van der Waals surface area contributed by atoms with E-state index in [-0.39, 0.29) is 50.2 Å². The topological polar surface area (TPSA) is 45.7 Å². The molecule has 1 aliphatic carbocycles. The number of piperidine rings is 1. The van der Waals surface area contributed by atoms with Crippen molar-refractivity contribution in [3.8, 4) is 11.1 Å². The number of carbonyl (C=O) groups is 1. The number of benzene rings is 2. The summed E-state index contributed by atoms with van der Waals surface area (Å²) in [5, 5.41) is 0.828. The fourth-order valence-corrected chi connectivity index (χ4v) is 5.35. The van der Waals surface area contributed by atoms with E-state index in [0.717, 1.165) is 24.3 Å². The third-order valence-electron chi connectivity index (χ3n) is 7.62. The van der Waals surface area contributed by atoms with Crippen LogP contribution in [0.4, 0.5) is 17.6 Å². The van der Waals surface area contributed by atoms with Gasteiger partial charge >= 0.3 is 0 Å². The van der Waals surface area contributed by atoms with Crippen LogP contribution >= 0.6 is 0 Å². The Morgan fingerprint density at radius 2 is 1.94 bits per heavy atom. The SMILES string of the molecule is O=C1CO[C@@]2(CCN(Cc3c(F)cc(-c4ccc5cccnc5c4)c(F)c3F)C[C@H]2F)CN1C1CC1. The van der Waals surface area contributed by atoms with E-state index in [1.807, 2.05) is 6.07 Å². The zero-order chi connectivity index (χ0) is 25.0. The molecule has 1 amide bonds. The normalized spacial score (nSPS) is 25.2. The van der Waals surface area contributed by atoms with Crippen molar-refractivity contribution >= 4 is 16.8 Å². The number of nitrogens with zero attached hydrogens (tertiary/aromatic N) is 3. The maximum Gasteiger partial charge on any atom is 0.248 e. The van der Waals surface area contributed by atoms with Crippen LogP contribution in [0.5, 0.6) is 0 Å². The van der Waals surface area contributed by atoms with Gasteiger partial charge in [-0.25, -0.2) is 17.6 Å². The Balaban J connectivity index is 1.21. The van der Waals surface area contributed by atoms with Gasteiger partial charge in [-0.3, -0.25) is 14.7 Å². The van der Waals surface area contributed by atoms with Gasteiger partial charge in [0.2, 0.25) is 5.91 Å². The van der Waals surface area contributed by atoms with E-state index < -0.39 is 34.8 Å². The Hall–Kier alpha value is -3.04. The van der Waals surface area contributed by atoms with E-state index in [0.29, 0.717) is 17.6 Å². The number of likely N-dealkylation sites (tertiary alicyclic amines) is 1.